The molecule has 3 aromatic carbocycles. The molecule has 4 nitrogen and oxygen atoms in total. The third-order valence-electron chi connectivity index (χ3n) is 6.70. The van der Waals surface area contributed by atoms with Crippen molar-refractivity contribution in [2.45, 2.75) is 39.7 Å². The highest BCUT2D eigenvalue weighted by Gasteiger charge is 2.53. The summed E-state index contributed by atoms with van der Waals surface area (Å²) in [5.74, 6) is 1.66. The van der Waals surface area contributed by atoms with Gasteiger partial charge in [-0.15, -0.1) is 0 Å². The molecule has 2 aliphatic rings. The van der Waals surface area contributed by atoms with E-state index in [1.807, 2.05) is 49.4 Å². The molecule has 0 aliphatic carbocycles. The number of nitrogens with zero attached hydrogens (tertiary/aromatic N) is 1. The van der Waals surface area contributed by atoms with Crippen LogP contribution in [0.15, 0.2) is 54.6 Å². The molecule has 0 saturated heterocycles. The van der Waals surface area contributed by atoms with E-state index in [0.29, 0.717) is 28.0 Å². The molecule has 33 heavy (non-hydrogen) atoms. The van der Waals surface area contributed by atoms with Crippen LogP contribution in [-0.4, -0.2) is 19.1 Å². The summed E-state index contributed by atoms with van der Waals surface area (Å²) in [6.07, 6.45) is 1.11. The maximum atomic E-state index is 13.0. The zero-order chi connectivity index (χ0) is 23.3. The van der Waals surface area contributed by atoms with Gasteiger partial charge in [-0.25, -0.2) is 4.79 Å². The van der Waals surface area contributed by atoms with Gasteiger partial charge in [-0.2, -0.15) is 0 Å². The molecule has 5 heteroatoms. The number of carbonyl (C=O) groups is 1. The van der Waals surface area contributed by atoms with Crippen molar-refractivity contribution >= 4 is 23.3 Å². The Morgan fingerprint density at radius 3 is 2.52 bits per heavy atom. The van der Waals surface area contributed by atoms with Crippen LogP contribution in [0.2, 0.25) is 5.02 Å². The van der Waals surface area contributed by atoms with Crippen molar-refractivity contribution < 1.29 is 14.3 Å². The highest BCUT2D eigenvalue weighted by atomic mass is 35.5. The second kappa shape index (κ2) is 8.11. The van der Waals surface area contributed by atoms with E-state index in [-0.39, 0.29) is 5.97 Å². The topological polar surface area (TPSA) is 38.8 Å². The molecule has 0 saturated carbocycles. The first kappa shape index (κ1) is 21.8. The number of rotatable bonds is 5. The van der Waals surface area contributed by atoms with E-state index in [2.05, 4.69) is 37.8 Å². The molecule has 0 radical (unpaired) electrons. The Labute approximate surface area is 200 Å². The standard InChI is InChI=1S/C28H28ClNO3/c1-5-30(13-12-17(2)3)19-10-11-22-26(15-19)32-25-14-18(4)24(29)16-23(25)28(22)21-9-7-6-8-20(21)27(31)33-28/h6-11,14-17H,5,12-13H2,1-4H3. The minimum Gasteiger partial charge on any atom is -0.456 e. The number of carbonyl (C=O) groups excluding carboxylic acids is 1. The van der Waals surface area contributed by atoms with Crippen LogP contribution < -0.4 is 9.64 Å². The highest BCUT2D eigenvalue weighted by Crippen LogP contribution is 2.57. The third-order valence-corrected chi connectivity index (χ3v) is 7.11. The van der Waals surface area contributed by atoms with Gasteiger partial charge >= 0.3 is 5.97 Å². The zero-order valence-electron chi connectivity index (χ0n) is 19.4. The van der Waals surface area contributed by atoms with Gasteiger partial charge < -0.3 is 14.4 Å². The lowest BCUT2D eigenvalue weighted by Gasteiger charge is -2.37. The van der Waals surface area contributed by atoms with Gasteiger partial charge in [0.2, 0.25) is 0 Å². The number of hydrogen-bond donors (Lipinski definition) is 0. The lowest BCUT2D eigenvalue weighted by atomic mass is 9.77. The number of ether oxygens (including phenoxy) is 2. The Morgan fingerprint density at radius 2 is 1.76 bits per heavy atom. The number of esters is 1. The lowest BCUT2D eigenvalue weighted by Crippen LogP contribution is -2.33. The Kier molecular flexibility index (Phi) is 5.37. The first-order valence-electron chi connectivity index (χ1n) is 11.6. The Hall–Kier alpha value is -2.98. The number of benzene rings is 3. The summed E-state index contributed by atoms with van der Waals surface area (Å²) >= 11 is 6.54. The molecule has 0 amide bonds. The fourth-order valence-electron chi connectivity index (χ4n) is 4.86. The monoisotopic (exact) mass is 461 g/mol. The Morgan fingerprint density at radius 1 is 1.00 bits per heavy atom. The number of halogens is 1. The van der Waals surface area contributed by atoms with Gasteiger partial charge in [0.1, 0.15) is 11.5 Å². The molecule has 2 aliphatic heterocycles. The number of anilines is 1. The van der Waals surface area contributed by atoms with Crippen molar-refractivity contribution in [3.63, 3.8) is 0 Å². The van der Waals surface area contributed by atoms with Gasteiger partial charge in [0.15, 0.2) is 5.60 Å². The minimum atomic E-state index is -1.08. The summed E-state index contributed by atoms with van der Waals surface area (Å²) in [5.41, 5.74) is 3.89. The molecule has 0 bridgehead atoms. The van der Waals surface area contributed by atoms with Crippen LogP contribution >= 0.6 is 11.6 Å². The molecule has 1 atom stereocenters. The second-order valence-electron chi connectivity index (χ2n) is 9.26. The smallest absolute Gasteiger partial charge is 0.340 e. The average Bonchev–Trinajstić information content (AvgIpc) is 3.09. The number of fused-ring (bicyclic) bond motifs is 6. The summed E-state index contributed by atoms with van der Waals surface area (Å²) in [6.45, 7) is 10.5. The van der Waals surface area contributed by atoms with Crippen LogP contribution in [0.4, 0.5) is 5.69 Å². The van der Waals surface area contributed by atoms with Crippen LogP contribution in [0, 0.1) is 12.8 Å². The summed E-state index contributed by atoms with van der Waals surface area (Å²) in [5, 5.41) is 0.614. The molecular formula is C28H28ClNO3. The van der Waals surface area contributed by atoms with Gasteiger partial charge in [-0.3, -0.25) is 0 Å². The summed E-state index contributed by atoms with van der Waals surface area (Å²) in [6, 6.07) is 17.6. The molecule has 5 rings (SSSR count). The molecule has 170 valence electrons. The van der Waals surface area contributed by atoms with E-state index < -0.39 is 5.60 Å². The Balaban J connectivity index is 1.71. The molecule has 1 unspecified atom stereocenters. The summed E-state index contributed by atoms with van der Waals surface area (Å²) in [4.78, 5) is 15.3. The Bertz CT molecular complexity index is 1250. The molecular weight excluding hydrogens is 434 g/mol. The van der Waals surface area contributed by atoms with Crippen LogP contribution in [0.5, 0.6) is 11.5 Å². The molecule has 0 fully saturated rings. The average molecular weight is 462 g/mol. The van der Waals surface area contributed by atoms with Crippen molar-refractivity contribution in [1.29, 1.82) is 0 Å². The fourth-order valence-corrected chi connectivity index (χ4v) is 5.03. The highest BCUT2D eigenvalue weighted by molar-refractivity contribution is 6.31. The maximum Gasteiger partial charge on any atom is 0.340 e. The van der Waals surface area contributed by atoms with Gasteiger partial charge in [-0.05, 0) is 62.1 Å². The van der Waals surface area contributed by atoms with Crippen LogP contribution in [0.1, 0.15) is 59.8 Å². The predicted octanol–water partition coefficient (Wildman–Crippen LogP) is 7.09. The van der Waals surface area contributed by atoms with E-state index >= 15 is 0 Å². The van der Waals surface area contributed by atoms with Crippen molar-refractivity contribution in [3.05, 3.63) is 87.4 Å². The van der Waals surface area contributed by atoms with Gasteiger partial charge in [0.05, 0.1) is 5.56 Å². The van der Waals surface area contributed by atoms with E-state index in [9.17, 15) is 4.79 Å². The first-order valence-corrected chi connectivity index (χ1v) is 11.9. The van der Waals surface area contributed by atoms with Crippen LogP contribution in [0.3, 0.4) is 0 Å². The summed E-state index contributed by atoms with van der Waals surface area (Å²) < 4.78 is 12.7. The SMILES string of the molecule is CCN(CCC(C)C)c1ccc2c(c1)Oc1cc(C)c(Cl)cc1C21OC(=O)c2ccccc21. The van der Waals surface area contributed by atoms with E-state index in [1.165, 1.54) is 0 Å². The molecule has 2 heterocycles. The predicted molar refractivity (Wildman–Crippen MR) is 132 cm³/mol. The largest absolute Gasteiger partial charge is 0.456 e. The van der Waals surface area contributed by atoms with Crippen molar-refractivity contribution in [2.75, 3.05) is 18.0 Å². The lowest BCUT2D eigenvalue weighted by molar-refractivity contribution is 0.0224. The zero-order valence-corrected chi connectivity index (χ0v) is 20.2. The fraction of sp³-hybridized carbons (Fsp3) is 0.321. The van der Waals surface area contributed by atoms with E-state index in [0.717, 1.165) is 47.5 Å². The normalized spacial score (nSPS) is 17.9. The molecule has 1 spiro atoms. The maximum absolute atomic E-state index is 13.0. The van der Waals surface area contributed by atoms with Crippen molar-refractivity contribution in [2.24, 2.45) is 5.92 Å². The number of aryl methyl sites for hydroxylation is 1. The van der Waals surface area contributed by atoms with E-state index in [4.69, 9.17) is 21.1 Å². The van der Waals surface area contributed by atoms with Crippen LogP contribution in [0.25, 0.3) is 0 Å². The van der Waals surface area contributed by atoms with Gasteiger partial charge in [0.25, 0.3) is 0 Å². The van der Waals surface area contributed by atoms with Gasteiger partial charge in [-0.1, -0.05) is 43.6 Å². The minimum absolute atomic E-state index is 0.336. The second-order valence-corrected chi connectivity index (χ2v) is 9.67. The van der Waals surface area contributed by atoms with Crippen molar-refractivity contribution in [1.82, 2.24) is 0 Å². The first-order chi connectivity index (χ1) is 15.8. The molecule has 0 aromatic heterocycles. The van der Waals surface area contributed by atoms with E-state index in [1.54, 1.807) is 0 Å². The third kappa shape index (κ3) is 3.39. The number of hydrogen-bond acceptors (Lipinski definition) is 4. The van der Waals surface area contributed by atoms with Crippen LogP contribution in [-0.2, 0) is 10.3 Å². The van der Waals surface area contributed by atoms with Crippen molar-refractivity contribution in [3.8, 4) is 11.5 Å². The quantitative estimate of drug-likeness (QED) is 0.380. The van der Waals surface area contributed by atoms with Gasteiger partial charge in [0, 0.05) is 46.6 Å². The summed E-state index contributed by atoms with van der Waals surface area (Å²) in [7, 11) is 0. The molecule has 0 N–H and O–H groups in total. The molecule has 3 aromatic rings.